The Balaban J connectivity index is 2.42. The molecular weight excluding hydrogens is 408 g/mol. The lowest BCUT2D eigenvalue weighted by atomic mass is 9.90. The second-order valence-electron chi connectivity index (χ2n) is 8.13. The Bertz CT molecular complexity index is 771. The van der Waals surface area contributed by atoms with Crippen molar-refractivity contribution in [2.24, 2.45) is 23.3 Å². The summed E-state index contributed by atoms with van der Waals surface area (Å²) >= 11 is 0. The maximum absolute atomic E-state index is 12.6. The van der Waals surface area contributed by atoms with Crippen LogP contribution >= 0.6 is 0 Å². The molecule has 8 heteroatoms. The minimum atomic E-state index is -0.525. The van der Waals surface area contributed by atoms with E-state index in [1.165, 1.54) is 0 Å². The van der Waals surface area contributed by atoms with Crippen LogP contribution in [0.3, 0.4) is 0 Å². The van der Waals surface area contributed by atoms with Crippen LogP contribution in [0.1, 0.15) is 56.3 Å². The zero-order chi connectivity index (χ0) is 23.9. The molecule has 0 radical (unpaired) electrons. The van der Waals surface area contributed by atoms with Gasteiger partial charge < -0.3 is 21.5 Å². The number of carbonyl (C=O) groups is 3. The predicted octanol–water partition coefficient (Wildman–Crippen LogP) is 1.58. The Kier molecular flexibility index (Phi) is 12.7. The fourth-order valence-electron chi connectivity index (χ4n) is 3.32. The fraction of sp³-hybridized carbons (Fsp3) is 0.542. The van der Waals surface area contributed by atoms with Crippen molar-refractivity contribution in [3.05, 3.63) is 29.8 Å². The molecule has 0 aliphatic rings. The topological polar surface area (TPSA) is 137 Å². The number of terminal acetylenes is 1. The van der Waals surface area contributed by atoms with Crippen molar-refractivity contribution in [3.8, 4) is 18.1 Å². The lowest BCUT2D eigenvalue weighted by molar-refractivity contribution is -0.128. The molecule has 1 aromatic carbocycles. The quantitative estimate of drug-likeness (QED) is 0.174. The number of hydrogen-bond acceptors (Lipinski definition) is 6. The Hall–Kier alpha value is -2.89. The Morgan fingerprint density at radius 2 is 1.84 bits per heavy atom. The second-order valence-corrected chi connectivity index (χ2v) is 8.13. The highest BCUT2D eigenvalue weighted by Crippen LogP contribution is 2.17. The van der Waals surface area contributed by atoms with Crippen LogP contribution < -0.4 is 26.8 Å². The fourth-order valence-corrected chi connectivity index (χ4v) is 3.32. The van der Waals surface area contributed by atoms with E-state index in [1.54, 1.807) is 24.3 Å². The molecule has 0 aliphatic heterocycles. The highest BCUT2D eigenvalue weighted by molar-refractivity contribution is 5.94. The summed E-state index contributed by atoms with van der Waals surface area (Å²) in [6, 6.07) is 6.33. The molecule has 0 spiro atoms. The number of unbranched alkanes of at least 4 members (excludes halogenated alkanes) is 1. The summed E-state index contributed by atoms with van der Waals surface area (Å²) in [4.78, 5) is 36.6. The van der Waals surface area contributed by atoms with E-state index in [4.69, 9.17) is 22.6 Å². The summed E-state index contributed by atoms with van der Waals surface area (Å²) in [7, 11) is 0. The van der Waals surface area contributed by atoms with Gasteiger partial charge in [0.2, 0.25) is 5.91 Å². The molecule has 1 rings (SSSR count). The lowest BCUT2D eigenvalue weighted by Crippen LogP contribution is -2.42. The number of hydrogen-bond donors (Lipinski definition) is 4. The Labute approximate surface area is 190 Å². The van der Waals surface area contributed by atoms with E-state index >= 15 is 0 Å². The van der Waals surface area contributed by atoms with Crippen LogP contribution in [0.4, 0.5) is 0 Å². The largest absolute Gasteiger partial charge is 0.481 e. The number of primary amides is 1. The van der Waals surface area contributed by atoms with Crippen LogP contribution in [0.15, 0.2) is 24.3 Å². The molecule has 0 fully saturated rings. The first kappa shape index (κ1) is 27.1. The van der Waals surface area contributed by atoms with Gasteiger partial charge in [-0.3, -0.25) is 19.7 Å². The lowest BCUT2D eigenvalue weighted by Gasteiger charge is -2.21. The van der Waals surface area contributed by atoms with Gasteiger partial charge in [0.1, 0.15) is 12.4 Å². The number of ether oxygens (including phenoxy) is 1. The van der Waals surface area contributed by atoms with Crippen molar-refractivity contribution in [3.63, 3.8) is 0 Å². The molecule has 2 atom stereocenters. The summed E-state index contributed by atoms with van der Waals surface area (Å²) in [6.45, 7) is 4.88. The summed E-state index contributed by atoms with van der Waals surface area (Å²) in [5, 5.41) is 5.83. The van der Waals surface area contributed by atoms with Gasteiger partial charge in [-0.1, -0.05) is 26.2 Å². The van der Waals surface area contributed by atoms with Crippen LogP contribution in [-0.4, -0.2) is 43.5 Å². The normalized spacial score (nSPS) is 12.6. The van der Waals surface area contributed by atoms with Gasteiger partial charge in [0.05, 0.1) is 6.04 Å². The number of benzene rings is 1. The molecule has 0 unspecified atom stereocenters. The van der Waals surface area contributed by atoms with Gasteiger partial charge in [-0.25, -0.2) is 0 Å². The molecule has 0 aliphatic carbocycles. The molecule has 8 nitrogen and oxygen atoms in total. The van der Waals surface area contributed by atoms with Crippen molar-refractivity contribution in [1.29, 1.82) is 0 Å². The number of rotatable bonds is 16. The van der Waals surface area contributed by atoms with E-state index in [9.17, 15) is 14.4 Å². The molecule has 0 saturated carbocycles. The minimum Gasteiger partial charge on any atom is -0.481 e. The first-order valence-electron chi connectivity index (χ1n) is 11.0. The van der Waals surface area contributed by atoms with Crippen molar-refractivity contribution in [1.82, 2.24) is 10.6 Å². The second kappa shape index (κ2) is 15.0. The van der Waals surface area contributed by atoms with Gasteiger partial charge in [0.25, 0.3) is 5.91 Å². The van der Waals surface area contributed by atoms with E-state index in [0.717, 1.165) is 0 Å². The van der Waals surface area contributed by atoms with Crippen molar-refractivity contribution in [2.45, 2.75) is 52.0 Å². The van der Waals surface area contributed by atoms with E-state index in [2.05, 4.69) is 16.6 Å². The van der Waals surface area contributed by atoms with Gasteiger partial charge in [-0.05, 0) is 49.4 Å². The number of nitrogens with two attached hydrogens (primary N) is 2. The number of ketones is 1. The molecule has 6 N–H and O–H groups in total. The maximum atomic E-state index is 12.6. The number of amides is 2. The first-order chi connectivity index (χ1) is 15.3. The average Bonchev–Trinajstić information content (AvgIpc) is 2.76. The molecule has 0 aromatic heterocycles. The van der Waals surface area contributed by atoms with Gasteiger partial charge in [0.15, 0.2) is 5.78 Å². The monoisotopic (exact) mass is 444 g/mol. The molecule has 176 valence electrons. The summed E-state index contributed by atoms with van der Waals surface area (Å²) in [5.74, 6) is 2.06. The SMILES string of the molecule is C#CCOc1ccc(C(=O)NCCCC[C@H](CC(=O)[C@H](CC(C)C)NCN)C(N)=O)cc1. The Morgan fingerprint density at radius 3 is 2.41 bits per heavy atom. The molecule has 0 saturated heterocycles. The smallest absolute Gasteiger partial charge is 0.251 e. The van der Waals surface area contributed by atoms with Crippen LogP contribution in [-0.2, 0) is 9.59 Å². The van der Waals surface area contributed by atoms with Crippen LogP contribution in [0, 0.1) is 24.2 Å². The highest BCUT2D eigenvalue weighted by Gasteiger charge is 2.25. The maximum Gasteiger partial charge on any atom is 0.251 e. The summed E-state index contributed by atoms with van der Waals surface area (Å²) in [6.07, 6.45) is 7.73. The predicted molar refractivity (Wildman–Crippen MR) is 125 cm³/mol. The number of nitrogens with one attached hydrogen (secondary N) is 2. The van der Waals surface area contributed by atoms with Gasteiger partial charge in [-0.2, -0.15) is 0 Å². The molecule has 32 heavy (non-hydrogen) atoms. The van der Waals surface area contributed by atoms with E-state index in [0.29, 0.717) is 49.5 Å². The first-order valence-corrected chi connectivity index (χ1v) is 11.0. The minimum absolute atomic E-state index is 0.0454. The van der Waals surface area contributed by atoms with E-state index < -0.39 is 11.8 Å². The zero-order valence-electron chi connectivity index (χ0n) is 19.1. The molecule has 2 amide bonds. The molecular formula is C24H36N4O4. The van der Waals surface area contributed by atoms with Crippen molar-refractivity contribution < 1.29 is 19.1 Å². The number of carbonyl (C=O) groups excluding carboxylic acids is 3. The van der Waals surface area contributed by atoms with Crippen LogP contribution in [0.2, 0.25) is 0 Å². The van der Waals surface area contributed by atoms with Crippen LogP contribution in [0.5, 0.6) is 5.75 Å². The Morgan fingerprint density at radius 1 is 1.16 bits per heavy atom. The van der Waals surface area contributed by atoms with Crippen molar-refractivity contribution in [2.75, 3.05) is 19.8 Å². The van der Waals surface area contributed by atoms with Gasteiger partial charge >= 0.3 is 0 Å². The van der Waals surface area contributed by atoms with Gasteiger partial charge in [-0.15, -0.1) is 6.42 Å². The van der Waals surface area contributed by atoms with E-state index in [1.807, 2.05) is 13.8 Å². The highest BCUT2D eigenvalue weighted by atomic mass is 16.5. The zero-order valence-corrected chi connectivity index (χ0v) is 19.1. The van der Waals surface area contributed by atoms with Gasteiger partial charge in [0, 0.05) is 31.1 Å². The molecule has 1 aromatic rings. The third-order valence-corrected chi connectivity index (χ3v) is 5.01. The average molecular weight is 445 g/mol. The standard InChI is InChI=1S/C24H36N4O4/c1-4-13-32-20-10-8-18(9-11-20)24(31)27-12-6-5-7-19(23(26)30)15-22(29)21(28-16-25)14-17(2)3/h1,8-11,17,19,21,28H,5-7,12-16,25H2,2-3H3,(H2,26,30)(H,27,31)/t19-,21+/m1/s1. The molecule has 0 heterocycles. The summed E-state index contributed by atoms with van der Waals surface area (Å²) in [5.41, 5.74) is 11.6. The summed E-state index contributed by atoms with van der Waals surface area (Å²) < 4.78 is 5.28. The molecule has 0 bridgehead atoms. The van der Waals surface area contributed by atoms with Crippen LogP contribution in [0.25, 0.3) is 0 Å². The van der Waals surface area contributed by atoms with Crippen molar-refractivity contribution >= 4 is 17.6 Å². The number of Topliss-reactive ketones (excluding diaryl/α,β-unsaturated/α-hetero) is 1. The third-order valence-electron chi connectivity index (χ3n) is 5.01. The third kappa shape index (κ3) is 10.4. The van der Waals surface area contributed by atoms with E-state index in [-0.39, 0.29) is 37.4 Å².